The second-order valence-electron chi connectivity index (χ2n) is 5.93. The minimum Gasteiger partial charge on any atom is -0.487 e. The lowest BCUT2D eigenvalue weighted by Crippen LogP contribution is -2.24. The predicted octanol–water partition coefficient (Wildman–Crippen LogP) is 4.05. The summed E-state index contributed by atoms with van der Waals surface area (Å²) in [5.41, 5.74) is 9.83. The standard InChI is InChI=1S/C17H18INO/c1-17(2)10-13-9-12(5-8-15(13)20-17)16(19)11-3-6-14(18)7-4-11/h3-9,16H,10,19H2,1-2H3. The zero-order chi connectivity index (χ0) is 14.3. The highest BCUT2D eigenvalue weighted by molar-refractivity contribution is 14.1. The van der Waals surface area contributed by atoms with Crippen molar-refractivity contribution < 1.29 is 4.74 Å². The summed E-state index contributed by atoms with van der Waals surface area (Å²) in [5.74, 6) is 0.994. The van der Waals surface area contributed by atoms with Crippen molar-refractivity contribution in [1.29, 1.82) is 0 Å². The molecule has 0 spiro atoms. The van der Waals surface area contributed by atoms with Gasteiger partial charge in [0.2, 0.25) is 0 Å². The van der Waals surface area contributed by atoms with E-state index in [4.69, 9.17) is 10.5 Å². The lowest BCUT2D eigenvalue weighted by atomic mass is 9.95. The van der Waals surface area contributed by atoms with E-state index in [0.717, 1.165) is 23.3 Å². The molecule has 2 nitrogen and oxygen atoms in total. The monoisotopic (exact) mass is 379 g/mol. The lowest BCUT2D eigenvalue weighted by Gasteiger charge is -2.16. The van der Waals surface area contributed by atoms with Gasteiger partial charge in [0, 0.05) is 9.99 Å². The Morgan fingerprint density at radius 1 is 1.10 bits per heavy atom. The first-order valence-electron chi connectivity index (χ1n) is 6.77. The van der Waals surface area contributed by atoms with E-state index in [1.54, 1.807) is 0 Å². The largest absolute Gasteiger partial charge is 0.487 e. The van der Waals surface area contributed by atoms with Crippen LogP contribution in [-0.4, -0.2) is 5.60 Å². The first kappa shape index (κ1) is 13.9. The Morgan fingerprint density at radius 2 is 1.75 bits per heavy atom. The Labute approximate surface area is 133 Å². The topological polar surface area (TPSA) is 35.2 Å². The molecule has 0 bridgehead atoms. The van der Waals surface area contributed by atoms with Gasteiger partial charge < -0.3 is 10.5 Å². The Morgan fingerprint density at radius 3 is 2.45 bits per heavy atom. The van der Waals surface area contributed by atoms with E-state index in [1.165, 1.54) is 9.13 Å². The van der Waals surface area contributed by atoms with Gasteiger partial charge in [0.15, 0.2) is 0 Å². The molecule has 0 amide bonds. The van der Waals surface area contributed by atoms with Crippen molar-refractivity contribution in [3.63, 3.8) is 0 Å². The van der Waals surface area contributed by atoms with Gasteiger partial charge in [-0.2, -0.15) is 0 Å². The molecule has 2 N–H and O–H groups in total. The third kappa shape index (κ3) is 2.69. The van der Waals surface area contributed by atoms with Crippen molar-refractivity contribution in [3.8, 4) is 5.75 Å². The molecule has 0 radical (unpaired) electrons. The van der Waals surface area contributed by atoms with Crippen molar-refractivity contribution in [2.45, 2.75) is 31.9 Å². The molecule has 1 heterocycles. The van der Waals surface area contributed by atoms with Crippen molar-refractivity contribution >= 4 is 22.6 Å². The molecular weight excluding hydrogens is 361 g/mol. The molecule has 0 aromatic heterocycles. The molecule has 0 aliphatic carbocycles. The zero-order valence-corrected chi connectivity index (χ0v) is 13.8. The van der Waals surface area contributed by atoms with Crippen LogP contribution < -0.4 is 10.5 Å². The van der Waals surface area contributed by atoms with Gasteiger partial charge in [-0.3, -0.25) is 0 Å². The maximum absolute atomic E-state index is 6.38. The Balaban J connectivity index is 1.90. The highest BCUT2D eigenvalue weighted by Crippen LogP contribution is 2.36. The maximum atomic E-state index is 6.38. The van der Waals surface area contributed by atoms with E-state index in [0.29, 0.717) is 0 Å². The first-order valence-corrected chi connectivity index (χ1v) is 7.85. The van der Waals surface area contributed by atoms with Gasteiger partial charge in [0.1, 0.15) is 11.4 Å². The molecule has 0 saturated carbocycles. The maximum Gasteiger partial charge on any atom is 0.123 e. The van der Waals surface area contributed by atoms with E-state index in [1.807, 2.05) is 6.07 Å². The summed E-state index contributed by atoms with van der Waals surface area (Å²) in [6.45, 7) is 4.23. The van der Waals surface area contributed by atoms with E-state index < -0.39 is 0 Å². The van der Waals surface area contributed by atoms with E-state index in [-0.39, 0.29) is 11.6 Å². The first-order chi connectivity index (χ1) is 9.44. The molecule has 1 atom stereocenters. The van der Waals surface area contributed by atoms with Crippen molar-refractivity contribution in [2.24, 2.45) is 5.73 Å². The number of hydrogen-bond donors (Lipinski definition) is 1. The summed E-state index contributed by atoms with van der Waals surface area (Å²) in [4.78, 5) is 0. The molecule has 0 fully saturated rings. The van der Waals surface area contributed by atoms with E-state index in [2.05, 4.69) is 72.8 Å². The van der Waals surface area contributed by atoms with Gasteiger partial charge >= 0.3 is 0 Å². The Hall–Kier alpha value is -1.07. The van der Waals surface area contributed by atoms with Gasteiger partial charge in [-0.25, -0.2) is 0 Å². The fourth-order valence-electron chi connectivity index (χ4n) is 2.69. The zero-order valence-electron chi connectivity index (χ0n) is 11.7. The summed E-state index contributed by atoms with van der Waals surface area (Å²) in [6, 6.07) is 14.6. The lowest BCUT2D eigenvalue weighted by molar-refractivity contribution is 0.138. The average Bonchev–Trinajstić information content (AvgIpc) is 2.71. The van der Waals surface area contributed by atoms with E-state index >= 15 is 0 Å². The van der Waals surface area contributed by atoms with Crippen LogP contribution in [0.2, 0.25) is 0 Å². The number of hydrogen-bond acceptors (Lipinski definition) is 2. The average molecular weight is 379 g/mol. The van der Waals surface area contributed by atoms with Crippen LogP contribution in [0.5, 0.6) is 5.75 Å². The molecule has 2 aromatic carbocycles. The van der Waals surface area contributed by atoms with Crippen LogP contribution in [0, 0.1) is 3.57 Å². The predicted molar refractivity (Wildman–Crippen MR) is 90.0 cm³/mol. The minimum atomic E-state index is -0.103. The van der Waals surface area contributed by atoms with Gasteiger partial charge in [-0.1, -0.05) is 24.3 Å². The number of nitrogens with two attached hydrogens (primary N) is 1. The molecule has 3 rings (SSSR count). The van der Waals surface area contributed by atoms with Crippen molar-refractivity contribution in [3.05, 3.63) is 62.7 Å². The summed E-state index contributed by atoms with van der Waals surface area (Å²) in [7, 11) is 0. The van der Waals surface area contributed by atoms with Crippen molar-refractivity contribution in [1.82, 2.24) is 0 Å². The van der Waals surface area contributed by atoms with E-state index in [9.17, 15) is 0 Å². The van der Waals surface area contributed by atoms with Crippen LogP contribution in [0.15, 0.2) is 42.5 Å². The molecule has 1 aliphatic rings. The number of ether oxygens (including phenoxy) is 1. The van der Waals surface area contributed by atoms with Crippen LogP contribution in [0.25, 0.3) is 0 Å². The summed E-state index contributed by atoms with van der Waals surface area (Å²) in [5, 5.41) is 0. The van der Waals surface area contributed by atoms with Gasteiger partial charge in [-0.15, -0.1) is 0 Å². The smallest absolute Gasteiger partial charge is 0.123 e. The summed E-state index contributed by atoms with van der Waals surface area (Å²) in [6.07, 6.45) is 0.940. The summed E-state index contributed by atoms with van der Waals surface area (Å²) < 4.78 is 7.13. The summed E-state index contributed by atoms with van der Waals surface area (Å²) >= 11 is 2.30. The van der Waals surface area contributed by atoms with Crippen LogP contribution >= 0.6 is 22.6 Å². The number of rotatable bonds is 2. The molecule has 1 unspecified atom stereocenters. The molecule has 2 aromatic rings. The van der Waals surface area contributed by atoms with Gasteiger partial charge in [0.05, 0.1) is 6.04 Å². The molecule has 104 valence electrons. The molecular formula is C17H18INO. The minimum absolute atomic E-state index is 0.0824. The van der Waals surface area contributed by atoms with Crippen LogP contribution in [0.1, 0.15) is 36.6 Å². The quantitative estimate of drug-likeness (QED) is 0.799. The molecule has 0 saturated heterocycles. The van der Waals surface area contributed by atoms with Crippen LogP contribution in [0.3, 0.4) is 0 Å². The Bertz CT molecular complexity index is 634. The van der Waals surface area contributed by atoms with Gasteiger partial charge in [0.25, 0.3) is 0 Å². The number of halogens is 1. The molecule has 3 heteroatoms. The molecule has 1 aliphatic heterocycles. The van der Waals surface area contributed by atoms with Gasteiger partial charge in [-0.05, 0) is 71.3 Å². The fourth-order valence-corrected chi connectivity index (χ4v) is 3.05. The second-order valence-corrected chi connectivity index (χ2v) is 7.18. The fraction of sp³-hybridized carbons (Fsp3) is 0.294. The highest BCUT2D eigenvalue weighted by Gasteiger charge is 2.30. The number of fused-ring (bicyclic) bond motifs is 1. The third-order valence-electron chi connectivity index (χ3n) is 3.68. The SMILES string of the molecule is CC1(C)Cc2cc(C(N)c3ccc(I)cc3)ccc2O1. The molecule has 20 heavy (non-hydrogen) atoms. The normalized spacial score (nSPS) is 17.4. The number of benzene rings is 2. The second kappa shape index (κ2) is 5.04. The Kier molecular flexibility index (Phi) is 3.50. The van der Waals surface area contributed by atoms with Crippen molar-refractivity contribution in [2.75, 3.05) is 0 Å². The third-order valence-corrected chi connectivity index (χ3v) is 4.39. The van der Waals surface area contributed by atoms with Crippen LogP contribution in [-0.2, 0) is 6.42 Å². The highest BCUT2D eigenvalue weighted by atomic mass is 127. The van der Waals surface area contributed by atoms with Crippen LogP contribution in [0.4, 0.5) is 0 Å².